The maximum Gasteiger partial charge on any atom is 0.237 e. The first-order valence-electron chi connectivity index (χ1n) is 7.81. The Morgan fingerprint density at radius 3 is 3.05 bits per heavy atom. The van der Waals surface area contributed by atoms with Crippen molar-refractivity contribution in [3.8, 4) is 0 Å². The number of amides is 1. The highest BCUT2D eigenvalue weighted by atomic mass is 32.1. The second kappa shape index (κ2) is 7.38. The van der Waals surface area contributed by atoms with Crippen molar-refractivity contribution in [3.63, 3.8) is 0 Å². The fraction of sp³-hybridized carbons (Fsp3) is 0.688. The van der Waals surface area contributed by atoms with Crippen LogP contribution in [0.5, 0.6) is 0 Å². The molecule has 1 aliphatic rings. The van der Waals surface area contributed by atoms with Crippen molar-refractivity contribution in [1.82, 2.24) is 10.2 Å². The molecule has 1 aromatic rings. The molecule has 0 aromatic carbocycles. The highest BCUT2D eigenvalue weighted by Crippen LogP contribution is 2.23. The van der Waals surface area contributed by atoms with Gasteiger partial charge in [-0.05, 0) is 61.7 Å². The number of piperidine rings is 1. The van der Waals surface area contributed by atoms with E-state index in [9.17, 15) is 9.90 Å². The summed E-state index contributed by atoms with van der Waals surface area (Å²) in [6, 6.07) is 1.87. The molecule has 5 heteroatoms. The first-order valence-corrected chi connectivity index (χ1v) is 8.75. The molecule has 2 heterocycles. The van der Waals surface area contributed by atoms with Crippen LogP contribution < -0.4 is 5.32 Å². The third-order valence-corrected chi connectivity index (χ3v) is 4.86. The lowest BCUT2D eigenvalue weighted by Gasteiger charge is -2.35. The largest absolute Gasteiger partial charge is 0.384 e. The molecule has 4 nitrogen and oxygen atoms in total. The summed E-state index contributed by atoms with van der Waals surface area (Å²) in [6.07, 6.45) is 4.28. The number of nitrogens with zero attached hydrogens (tertiary/aromatic N) is 1. The zero-order valence-corrected chi connectivity index (χ0v) is 13.8. The van der Waals surface area contributed by atoms with Crippen molar-refractivity contribution in [2.45, 2.75) is 51.2 Å². The smallest absolute Gasteiger partial charge is 0.237 e. The zero-order chi connectivity index (χ0) is 15.3. The van der Waals surface area contributed by atoms with E-state index in [0.717, 1.165) is 37.9 Å². The van der Waals surface area contributed by atoms with Gasteiger partial charge in [0.1, 0.15) is 5.60 Å². The molecule has 118 valence electrons. The minimum absolute atomic E-state index is 0.0306. The van der Waals surface area contributed by atoms with Crippen LogP contribution in [0.15, 0.2) is 16.8 Å². The van der Waals surface area contributed by atoms with Crippen molar-refractivity contribution < 1.29 is 9.90 Å². The van der Waals surface area contributed by atoms with Crippen LogP contribution in [0.2, 0.25) is 0 Å². The summed E-state index contributed by atoms with van der Waals surface area (Å²) in [6.45, 7) is 6.13. The number of rotatable bonds is 6. The van der Waals surface area contributed by atoms with Gasteiger partial charge in [0.15, 0.2) is 0 Å². The molecule has 2 N–H and O–H groups in total. The third-order valence-electron chi connectivity index (χ3n) is 4.18. The van der Waals surface area contributed by atoms with Gasteiger partial charge in [-0.15, -0.1) is 0 Å². The number of hydrogen-bond donors (Lipinski definition) is 2. The molecule has 2 atom stereocenters. The van der Waals surface area contributed by atoms with Gasteiger partial charge < -0.3 is 10.4 Å². The number of nitrogens with one attached hydrogen (secondary N) is 1. The summed E-state index contributed by atoms with van der Waals surface area (Å²) in [5.41, 5.74) is -0.137. The SMILES string of the molecule is CCCN1CCCC[C@@H]1C(=O)NC[C@](C)(O)c1ccsc1. The predicted molar refractivity (Wildman–Crippen MR) is 86.4 cm³/mol. The molecule has 0 spiro atoms. The number of likely N-dealkylation sites (tertiary alicyclic amines) is 1. The van der Waals surface area contributed by atoms with E-state index >= 15 is 0 Å². The van der Waals surface area contributed by atoms with Gasteiger partial charge in [-0.25, -0.2) is 0 Å². The second-order valence-electron chi connectivity index (χ2n) is 6.05. The van der Waals surface area contributed by atoms with E-state index in [-0.39, 0.29) is 18.5 Å². The Balaban J connectivity index is 1.91. The molecular formula is C16H26N2O2S. The summed E-state index contributed by atoms with van der Waals surface area (Å²) in [5, 5.41) is 17.3. The minimum atomic E-state index is -1.00. The van der Waals surface area contributed by atoms with Crippen molar-refractivity contribution in [2.24, 2.45) is 0 Å². The van der Waals surface area contributed by atoms with Crippen LogP contribution >= 0.6 is 11.3 Å². The van der Waals surface area contributed by atoms with E-state index in [2.05, 4.69) is 17.1 Å². The van der Waals surface area contributed by atoms with Gasteiger partial charge in [-0.2, -0.15) is 11.3 Å². The van der Waals surface area contributed by atoms with E-state index < -0.39 is 5.60 Å². The molecule has 1 amide bonds. The van der Waals surface area contributed by atoms with Crippen LogP contribution in [-0.4, -0.2) is 41.6 Å². The number of hydrogen-bond acceptors (Lipinski definition) is 4. The Hall–Kier alpha value is -0.910. The van der Waals surface area contributed by atoms with Gasteiger partial charge in [0.25, 0.3) is 0 Å². The average molecular weight is 310 g/mol. The normalized spacial score (nSPS) is 22.7. The zero-order valence-electron chi connectivity index (χ0n) is 13.0. The Morgan fingerprint density at radius 2 is 2.38 bits per heavy atom. The van der Waals surface area contributed by atoms with E-state index in [1.807, 2.05) is 16.8 Å². The number of aliphatic hydroxyl groups is 1. The summed E-state index contributed by atoms with van der Waals surface area (Å²) < 4.78 is 0. The lowest BCUT2D eigenvalue weighted by molar-refractivity contribution is -0.128. The van der Waals surface area contributed by atoms with Crippen LogP contribution in [0.3, 0.4) is 0 Å². The highest BCUT2D eigenvalue weighted by Gasteiger charge is 2.30. The molecular weight excluding hydrogens is 284 g/mol. The standard InChI is InChI=1S/C16H26N2O2S/c1-3-8-18-9-5-4-6-14(18)15(19)17-12-16(2,20)13-7-10-21-11-13/h7,10-11,14,20H,3-6,8-9,12H2,1-2H3,(H,17,19)/t14-,16+/m1/s1. The fourth-order valence-electron chi connectivity index (χ4n) is 2.89. The first kappa shape index (κ1) is 16.5. The Bertz CT molecular complexity index is 443. The molecule has 0 aliphatic carbocycles. The molecule has 1 saturated heterocycles. The molecule has 0 radical (unpaired) electrons. The molecule has 21 heavy (non-hydrogen) atoms. The van der Waals surface area contributed by atoms with Gasteiger partial charge >= 0.3 is 0 Å². The topological polar surface area (TPSA) is 52.6 Å². The molecule has 1 fully saturated rings. The minimum Gasteiger partial charge on any atom is -0.384 e. The van der Waals surface area contributed by atoms with Crippen LogP contribution in [0.25, 0.3) is 0 Å². The first-order chi connectivity index (χ1) is 10.0. The van der Waals surface area contributed by atoms with E-state index in [1.54, 1.807) is 18.3 Å². The summed E-state index contributed by atoms with van der Waals surface area (Å²) in [5.74, 6) is 0.0543. The fourth-order valence-corrected chi connectivity index (χ4v) is 3.68. The van der Waals surface area contributed by atoms with E-state index in [4.69, 9.17) is 0 Å². The number of thiophene rings is 1. The molecule has 1 aliphatic heterocycles. The van der Waals surface area contributed by atoms with Gasteiger partial charge in [0.2, 0.25) is 5.91 Å². The average Bonchev–Trinajstić information content (AvgIpc) is 3.01. The maximum absolute atomic E-state index is 12.4. The second-order valence-corrected chi connectivity index (χ2v) is 6.83. The Kier molecular flexibility index (Phi) is 5.79. The Morgan fingerprint density at radius 1 is 1.57 bits per heavy atom. The van der Waals surface area contributed by atoms with Crippen LogP contribution in [0, 0.1) is 0 Å². The monoisotopic (exact) mass is 310 g/mol. The van der Waals surface area contributed by atoms with E-state index in [1.165, 1.54) is 6.42 Å². The quantitative estimate of drug-likeness (QED) is 0.848. The van der Waals surface area contributed by atoms with Crippen LogP contribution in [0.1, 0.15) is 45.1 Å². The van der Waals surface area contributed by atoms with Crippen molar-refractivity contribution in [1.29, 1.82) is 0 Å². The van der Waals surface area contributed by atoms with Gasteiger partial charge in [0.05, 0.1) is 12.6 Å². The van der Waals surface area contributed by atoms with Crippen LogP contribution in [-0.2, 0) is 10.4 Å². The van der Waals surface area contributed by atoms with Gasteiger partial charge in [0, 0.05) is 0 Å². The van der Waals surface area contributed by atoms with Crippen molar-refractivity contribution in [3.05, 3.63) is 22.4 Å². The highest BCUT2D eigenvalue weighted by molar-refractivity contribution is 7.08. The summed E-state index contributed by atoms with van der Waals surface area (Å²) in [4.78, 5) is 14.7. The van der Waals surface area contributed by atoms with Gasteiger partial charge in [-0.3, -0.25) is 9.69 Å². The number of carbonyl (C=O) groups is 1. The van der Waals surface area contributed by atoms with Crippen molar-refractivity contribution in [2.75, 3.05) is 19.6 Å². The lowest BCUT2D eigenvalue weighted by atomic mass is 9.98. The molecule has 1 aromatic heterocycles. The summed E-state index contributed by atoms with van der Waals surface area (Å²) in [7, 11) is 0. The molecule has 0 unspecified atom stereocenters. The maximum atomic E-state index is 12.4. The molecule has 2 rings (SSSR count). The molecule has 0 bridgehead atoms. The summed E-state index contributed by atoms with van der Waals surface area (Å²) >= 11 is 1.55. The predicted octanol–water partition coefficient (Wildman–Crippen LogP) is 2.34. The van der Waals surface area contributed by atoms with Crippen molar-refractivity contribution >= 4 is 17.2 Å². The number of carbonyl (C=O) groups excluding carboxylic acids is 1. The Labute approximate surface area is 131 Å². The van der Waals surface area contributed by atoms with Gasteiger partial charge in [-0.1, -0.05) is 13.3 Å². The van der Waals surface area contributed by atoms with E-state index in [0.29, 0.717) is 0 Å². The molecule has 0 saturated carbocycles. The van der Waals surface area contributed by atoms with Crippen LogP contribution in [0.4, 0.5) is 0 Å². The lowest BCUT2D eigenvalue weighted by Crippen LogP contribution is -2.51. The third kappa shape index (κ3) is 4.28.